The highest BCUT2D eigenvalue weighted by atomic mass is 19.1. The van der Waals surface area contributed by atoms with Gasteiger partial charge in [-0.1, -0.05) is 18.2 Å². The molecule has 5 nitrogen and oxygen atoms in total. The zero-order valence-corrected chi connectivity index (χ0v) is 15.5. The summed E-state index contributed by atoms with van der Waals surface area (Å²) in [7, 11) is 0. The van der Waals surface area contributed by atoms with Gasteiger partial charge in [-0.3, -0.25) is 9.59 Å². The van der Waals surface area contributed by atoms with Crippen molar-refractivity contribution in [2.45, 2.75) is 26.8 Å². The van der Waals surface area contributed by atoms with Crippen LogP contribution in [0.5, 0.6) is 0 Å². The SMILES string of the molecule is Cc1cccc(NC(=O)CNC(=O)CN[C@@H](C)c2ccc(F)cc2F)c1C. The molecule has 0 aliphatic rings. The minimum Gasteiger partial charge on any atom is -0.346 e. The Morgan fingerprint density at radius 2 is 1.78 bits per heavy atom. The van der Waals surface area contributed by atoms with Crippen molar-refractivity contribution in [2.24, 2.45) is 0 Å². The smallest absolute Gasteiger partial charge is 0.243 e. The number of rotatable bonds is 7. The lowest BCUT2D eigenvalue weighted by atomic mass is 10.1. The number of aryl methyl sites for hydroxylation is 1. The van der Waals surface area contributed by atoms with Gasteiger partial charge in [-0.15, -0.1) is 0 Å². The molecule has 2 rings (SSSR count). The fraction of sp³-hybridized carbons (Fsp3) is 0.300. The topological polar surface area (TPSA) is 70.2 Å². The van der Waals surface area contributed by atoms with Crippen LogP contribution in [0.25, 0.3) is 0 Å². The summed E-state index contributed by atoms with van der Waals surface area (Å²) in [5.74, 6) is -2.07. The summed E-state index contributed by atoms with van der Waals surface area (Å²) in [6.07, 6.45) is 0. The van der Waals surface area contributed by atoms with Crippen LogP contribution in [0.3, 0.4) is 0 Å². The summed E-state index contributed by atoms with van der Waals surface area (Å²) in [6, 6.07) is 8.39. The number of hydrogen-bond acceptors (Lipinski definition) is 3. The van der Waals surface area contributed by atoms with Crippen LogP contribution < -0.4 is 16.0 Å². The quantitative estimate of drug-likeness (QED) is 0.697. The van der Waals surface area contributed by atoms with Crippen molar-refractivity contribution in [3.63, 3.8) is 0 Å². The minimum absolute atomic E-state index is 0.102. The predicted molar refractivity (Wildman–Crippen MR) is 100 cm³/mol. The van der Waals surface area contributed by atoms with E-state index in [1.54, 1.807) is 13.0 Å². The second-order valence-electron chi connectivity index (χ2n) is 6.34. The van der Waals surface area contributed by atoms with Gasteiger partial charge in [0.05, 0.1) is 13.1 Å². The molecule has 0 fully saturated rings. The van der Waals surface area contributed by atoms with E-state index in [0.29, 0.717) is 5.69 Å². The molecule has 2 aromatic rings. The predicted octanol–water partition coefficient (Wildman–Crippen LogP) is 2.99. The van der Waals surface area contributed by atoms with Crippen LogP contribution >= 0.6 is 0 Å². The molecule has 27 heavy (non-hydrogen) atoms. The summed E-state index contributed by atoms with van der Waals surface area (Å²) in [5.41, 5.74) is 2.99. The maximum absolute atomic E-state index is 13.7. The number of nitrogens with one attached hydrogen (secondary N) is 3. The van der Waals surface area contributed by atoms with Gasteiger partial charge in [0, 0.05) is 23.4 Å². The molecule has 0 unspecified atom stereocenters. The molecule has 0 saturated carbocycles. The third-order valence-corrected chi connectivity index (χ3v) is 4.32. The lowest BCUT2D eigenvalue weighted by Gasteiger charge is -2.15. The number of carbonyl (C=O) groups is 2. The van der Waals surface area contributed by atoms with Crippen molar-refractivity contribution in [2.75, 3.05) is 18.4 Å². The van der Waals surface area contributed by atoms with Crippen LogP contribution in [0.4, 0.5) is 14.5 Å². The van der Waals surface area contributed by atoms with E-state index in [-0.39, 0.29) is 24.6 Å². The van der Waals surface area contributed by atoms with E-state index in [9.17, 15) is 18.4 Å². The standard InChI is InChI=1S/C20H23F2N3O2/c1-12-5-4-6-18(13(12)2)25-20(27)11-24-19(26)10-23-14(3)16-8-7-15(21)9-17(16)22/h4-9,14,23H,10-11H2,1-3H3,(H,24,26)(H,25,27)/t14-/m0/s1. The van der Waals surface area contributed by atoms with Crippen molar-refractivity contribution in [3.8, 4) is 0 Å². The molecule has 0 aromatic heterocycles. The lowest BCUT2D eigenvalue weighted by molar-refractivity contribution is -0.123. The summed E-state index contributed by atoms with van der Waals surface area (Å²) >= 11 is 0. The first-order chi connectivity index (χ1) is 12.8. The van der Waals surface area contributed by atoms with Gasteiger partial charge in [-0.25, -0.2) is 8.78 Å². The van der Waals surface area contributed by atoms with E-state index < -0.39 is 23.6 Å². The Hall–Kier alpha value is -2.80. The number of benzene rings is 2. The molecule has 0 spiro atoms. The van der Waals surface area contributed by atoms with E-state index >= 15 is 0 Å². The second-order valence-corrected chi connectivity index (χ2v) is 6.34. The highest BCUT2D eigenvalue weighted by molar-refractivity contribution is 5.95. The molecule has 2 aromatic carbocycles. The molecule has 0 aliphatic carbocycles. The molecule has 144 valence electrons. The third-order valence-electron chi connectivity index (χ3n) is 4.32. The first kappa shape index (κ1) is 20.5. The average molecular weight is 375 g/mol. The fourth-order valence-electron chi connectivity index (χ4n) is 2.53. The van der Waals surface area contributed by atoms with Crippen LogP contribution in [-0.2, 0) is 9.59 Å². The number of halogens is 2. The van der Waals surface area contributed by atoms with Crippen LogP contribution in [0.2, 0.25) is 0 Å². The Balaban J connectivity index is 1.78. The van der Waals surface area contributed by atoms with E-state index in [2.05, 4.69) is 16.0 Å². The highest BCUT2D eigenvalue weighted by Gasteiger charge is 2.13. The van der Waals surface area contributed by atoms with Gasteiger partial charge < -0.3 is 16.0 Å². The van der Waals surface area contributed by atoms with E-state index in [1.807, 2.05) is 26.0 Å². The molecule has 2 amide bonds. The summed E-state index contributed by atoms with van der Waals surface area (Å²) in [6.45, 7) is 5.24. The molecular weight excluding hydrogens is 352 g/mol. The first-order valence-corrected chi connectivity index (χ1v) is 8.59. The van der Waals surface area contributed by atoms with Gasteiger partial charge in [-0.05, 0) is 44.0 Å². The van der Waals surface area contributed by atoms with Crippen LogP contribution in [0.1, 0.15) is 29.7 Å². The van der Waals surface area contributed by atoms with Crippen LogP contribution in [0, 0.1) is 25.5 Å². The number of carbonyl (C=O) groups excluding carboxylic acids is 2. The molecule has 3 N–H and O–H groups in total. The Bertz CT molecular complexity index is 840. The molecule has 0 aliphatic heterocycles. The summed E-state index contributed by atoms with van der Waals surface area (Å²) in [5, 5.41) is 8.09. The van der Waals surface area contributed by atoms with Crippen LogP contribution in [0.15, 0.2) is 36.4 Å². The molecule has 7 heteroatoms. The maximum Gasteiger partial charge on any atom is 0.243 e. The number of anilines is 1. The molecule has 0 bridgehead atoms. The minimum atomic E-state index is -0.677. The molecule has 0 radical (unpaired) electrons. The normalized spacial score (nSPS) is 11.7. The van der Waals surface area contributed by atoms with Crippen molar-refractivity contribution in [1.82, 2.24) is 10.6 Å². The molecular formula is C20H23F2N3O2. The highest BCUT2D eigenvalue weighted by Crippen LogP contribution is 2.18. The van der Waals surface area contributed by atoms with Gasteiger partial charge in [-0.2, -0.15) is 0 Å². The zero-order valence-electron chi connectivity index (χ0n) is 15.5. The number of amides is 2. The van der Waals surface area contributed by atoms with E-state index in [0.717, 1.165) is 23.3 Å². The second kappa shape index (κ2) is 9.23. The van der Waals surface area contributed by atoms with Crippen molar-refractivity contribution < 1.29 is 18.4 Å². The fourth-order valence-corrected chi connectivity index (χ4v) is 2.53. The molecule has 1 atom stereocenters. The molecule has 0 saturated heterocycles. The monoisotopic (exact) mass is 375 g/mol. The van der Waals surface area contributed by atoms with Crippen molar-refractivity contribution in [3.05, 3.63) is 64.7 Å². The average Bonchev–Trinajstić information content (AvgIpc) is 2.62. The van der Waals surface area contributed by atoms with Gasteiger partial charge in [0.25, 0.3) is 0 Å². The van der Waals surface area contributed by atoms with Crippen molar-refractivity contribution in [1.29, 1.82) is 0 Å². The Kier molecular flexibility index (Phi) is 7.01. The summed E-state index contributed by atoms with van der Waals surface area (Å²) < 4.78 is 26.7. The van der Waals surface area contributed by atoms with E-state index in [4.69, 9.17) is 0 Å². The van der Waals surface area contributed by atoms with Gasteiger partial charge in [0.1, 0.15) is 11.6 Å². The van der Waals surface area contributed by atoms with Crippen molar-refractivity contribution >= 4 is 17.5 Å². The van der Waals surface area contributed by atoms with E-state index in [1.165, 1.54) is 6.07 Å². The lowest BCUT2D eigenvalue weighted by Crippen LogP contribution is -2.39. The maximum atomic E-state index is 13.7. The number of hydrogen-bond donors (Lipinski definition) is 3. The third kappa shape index (κ3) is 5.86. The van der Waals surface area contributed by atoms with Crippen LogP contribution in [-0.4, -0.2) is 24.9 Å². The Labute approximate surface area is 157 Å². The Morgan fingerprint density at radius 1 is 1.04 bits per heavy atom. The first-order valence-electron chi connectivity index (χ1n) is 8.59. The summed E-state index contributed by atoms with van der Waals surface area (Å²) in [4.78, 5) is 23.9. The van der Waals surface area contributed by atoms with Gasteiger partial charge in [0.15, 0.2) is 0 Å². The molecule has 0 heterocycles. The van der Waals surface area contributed by atoms with Gasteiger partial charge >= 0.3 is 0 Å². The Morgan fingerprint density at radius 3 is 2.48 bits per heavy atom. The van der Waals surface area contributed by atoms with Gasteiger partial charge in [0.2, 0.25) is 11.8 Å². The zero-order chi connectivity index (χ0) is 20.0. The largest absolute Gasteiger partial charge is 0.346 e.